The van der Waals surface area contributed by atoms with Crippen molar-refractivity contribution in [1.82, 2.24) is 14.9 Å². The topological polar surface area (TPSA) is 103 Å². The molecule has 0 unspecified atom stereocenters. The number of nitrogens with zero attached hydrogens (tertiary/aromatic N) is 2. The number of hydrogen-bond acceptors (Lipinski definition) is 5. The van der Waals surface area contributed by atoms with Gasteiger partial charge in [-0.25, -0.2) is 14.6 Å². The van der Waals surface area contributed by atoms with Crippen LogP contribution in [-0.2, 0) is 11.3 Å². The van der Waals surface area contributed by atoms with Crippen LogP contribution in [0.3, 0.4) is 0 Å². The lowest BCUT2D eigenvalue weighted by Gasteiger charge is -2.25. The second-order valence-electron chi connectivity index (χ2n) is 11.1. The fourth-order valence-corrected chi connectivity index (χ4v) is 5.84. The maximum atomic E-state index is 12.7. The molecule has 4 aromatic carbocycles. The Morgan fingerprint density at radius 1 is 0.886 bits per heavy atom. The number of carbonyl (C=O) groups excluding carboxylic acids is 1. The van der Waals surface area contributed by atoms with Gasteiger partial charge in [-0.1, -0.05) is 79.9 Å². The van der Waals surface area contributed by atoms with E-state index in [2.05, 4.69) is 9.88 Å². The number of carboxylic acids is 1. The zero-order chi connectivity index (χ0) is 30.3. The van der Waals surface area contributed by atoms with Gasteiger partial charge in [-0.15, -0.1) is 0 Å². The van der Waals surface area contributed by atoms with Gasteiger partial charge in [0, 0.05) is 11.6 Å². The van der Waals surface area contributed by atoms with Crippen LogP contribution >= 0.6 is 0 Å². The number of alkyl carbamates (subject to hydrolysis) is 1. The van der Waals surface area contributed by atoms with E-state index >= 15 is 0 Å². The van der Waals surface area contributed by atoms with Gasteiger partial charge in [0.05, 0.1) is 22.6 Å². The maximum absolute atomic E-state index is 12.7. The van der Waals surface area contributed by atoms with Crippen LogP contribution in [0.25, 0.3) is 22.4 Å². The second-order valence-corrected chi connectivity index (χ2v) is 11.1. The van der Waals surface area contributed by atoms with E-state index in [1.807, 2.05) is 91.0 Å². The van der Waals surface area contributed by atoms with Gasteiger partial charge in [0.15, 0.2) is 0 Å². The minimum atomic E-state index is -0.963. The highest BCUT2D eigenvalue weighted by atomic mass is 16.5. The quantitative estimate of drug-likeness (QED) is 0.171. The van der Waals surface area contributed by atoms with Crippen molar-refractivity contribution < 1.29 is 24.2 Å². The Labute approximate surface area is 256 Å². The summed E-state index contributed by atoms with van der Waals surface area (Å²) in [7, 11) is 0. The molecule has 6 rings (SSSR count). The third kappa shape index (κ3) is 6.75. The van der Waals surface area contributed by atoms with Crippen molar-refractivity contribution >= 4 is 23.1 Å². The zero-order valence-corrected chi connectivity index (χ0v) is 24.4. The summed E-state index contributed by atoms with van der Waals surface area (Å²) in [6, 6.07) is 32.1. The molecule has 1 amide bonds. The van der Waals surface area contributed by atoms with Gasteiger partial charge in [0.2, 0.25) is 0 Å². The van der Waals surface area contributed by atoms with Crippen molar-refractivity contribution in [2.75, 3.05) is 6.61 Å². The summed E-state index contributed by atoms with van der Waals surface area (Å²) >= 11 is 0. The van der Waals surface area contributed by atoms with Crippen LogP contribution in [0.5, 0.6) is 5.75 Å². The number of imidazole rings is 1. The molecular formula is C36H35N3O5. The smallest absolute Gasteiger partial charge is 0.408 e. The lowest BCUT2D eigenvalue weighted by Crippen LogP contribution is -2.32. The van der Waals surface area contributed by atoms with Gasteiger partial charge in [0.1, 0.15) is 24.8 Å². The Morgan fingerprint density at radius 3 is 2.30 bits per heavy atom. The molecule has 2 N–H and O–H groups in total. The molecule has 1 heterocycles. The van der Waals surface area contributed by atoms with Crippen LogP contribution in [0.2, 0.25) is 0 Å². The largest absolute Gasteiger partial charge is 0.491 e. The minimum absolute atomic E-state index is 0.180. The van der Waals surface area contributed by atoms with Crippen LogP contribution in [0, 0.1) is 0 Å². The van der Waals surface area contributed by atoms with Gasteiger partial charge in [-0.2, -0.15) is 0 Å². The molecule has 0 bridgehead atoms. The summed E-state index contributed by atoms with van der Waals surface area (Å²) in [6.07, 6.45) is 5.19. The van der Waals surface area contributed by atoms with Crippen LogP contribution in [0.15, 0.2) is 103 Å². The van der Waals surface area contributed by atoms with Crippen LogP contribution in [0.4, 0.5) is 4.79 Å². The SMILES string of the molecule is O=C(N[C@@H](COc1ccc(-c2nc3cc(C(=O)O)ccc3n2C2CCCCC2)cc1)c1ccccc1)OCc1ccccc1. The van der Waals surface area contributed by atoms with Gasteiger partial charge < -0.3 is 24.5 Å². The molecule has 8 heteroatoms. The first kappa shape index (κ1) is 29.0. The van der Waals surface area contributed by atoms with Crippen LogP contribution < -0.4 is 10.1 Å². The summed E-state index contributed by atoms with van der Waals surface area (Å²) in [5.74, 6) is 0.517. The number of nitrogens with one attached hydrogen (secondary N) is 1. The highest BCUT2D eigenvalue weighted by Crippen LogP contribution is 2.36. The number of aromatic nitrogens is 2. The molecule has 1 fully saturated rings. The summed E-state index contributed by atoms with van der Waals surface area (Å²) in [4.78, 5) is 29.2. The number of hydrogen-bond donors (Lipinski definition) is 2. The number of rotatable bonds is 10. The van der Waals surface area contributed by atoms with Crippen molar-refractivity contribution in [3.05, 3.63) is 120 Å². The first-order valence-corrected chi connectivity index (χ1v) is 15.1. The van der Waals surface area contributed by atoms with E-state index in [1.54, 1.807) is 12.1 Å². The third-order valence-corrected chi connectivity index (χ3v) is 8.11. The number of aromatic carboxylic acids is 1. The van der Waals surface area contributed by atoms with Gasteiger partial charge in [-0.3, -0.25) is 0 Å². The average Bonchev–Trinajstić information content (AvgIpc) is 3.46. The Kier molecular flexibility index (Phi) is 8.87. The molecule has 1 aliphatic rings. The molecule has 1 saturated carbocycles. The van der Waals surface area contributed by atoms with Crippen molar-refractivity contribution in [3.63, 3.8) is 0 Å². The molecule has 1 aliphatic carbocycles. The Morgan fingerprint density at radius 2 is 1.59 bits per heavy atom. The molecule has 224 valence electrons. The molecule has 1 atom stereocenters. The molecule has 0 radical (unpaired) electrons. The Hall–Kier alpha value is -5.11. The van der Waals surface area contributed by atoms with E-state index in [0.29, 0.717) is 17.3 Å². The lowest BCUT2D eigenvalue weighted by atomic mass is 9.95. The Bertz CT molecular complexity index is 1710. The maximum Gasteiger partial charge on any atom is 0.408 e. The molecule has 44 heavy (non-hydrogen) atoms. The molecule has 8 nitrogen and oxygen atoms in total. The molecule has 0 spiro atoms. The summed E-state index contributed by atoms with van der Waals surface area (Å²) in [5.41, 5.74) is 4.61. The fraction of sp³-hybridized carbons (Fsp3) is 0.250. The molecular weight excluding hydrogens is 554 g/mol. The fourth-order valence-electron chi connectivity index (χ4n) is 5.84. The van der Waals surface area contributed by atoms with Crippen molar-refractivity contribution in [3.8, 4) is 17.1 Å². The van der Waals surface area contributed by atoms with Crippen LogP contribution in [0.1, 0.15) is 65.7 Å². The lowest BCUT2D eigenvalue weighted by molar-refractivity contribution is 0.0697. The monoisotopic (exact) mass is 589 g/mol. The van der Waals surface area contributed by atoms with Crippen molar-refractivity contribution in [2.45, 2.75) is 50.8 Å². The second kappa shape index (κ2) is 13.5. The standard InChI is InChI=1S/C36H35N3O5/c40-35(41)28-18-21-33-31(22-28)37-34(39(33)29-14-8-3-9-15-29)27-16-19-30(20-17-27)43-24-32(26-12-6-2-7-13-26)38-36(42)44-23-25-10-4-1-5-11-25/h1-2,4-7,10-13,16-22,29,32H,3,8-9,14-15,23-24H2,(H,38,42)(H,40,41)/t32-/m0/s1. The third-order valence-electron chi connectivity index (χ3n) is 8.11. The molecule has 1 aromatic heterocycles. The summed E-state index contributed by atoms with van der Waals surface area (Å²) < 4.78 is 13.9. The predicted molar refractivity (Wildman–Crippen MR) is 169 cm³/mol. The number of amides is 1. The zero-order valence-electron chi connectivity index (χ0n) is 24.4. The molecule has 0 saturated heterocycles. The van der Waals surface area contributed by atoms with Crippen molar-refractivity contribution in [1.29, 1.82) is 0 Å². The minimum Gasteiger partial charge on any atom is -0.491 e. The normalized spacial score (nSPS) is 14.2. The summed E-state index contributed by atoms with van der Waals surface area (Å²) in [6.45, 7) is 0.391. The van der Waals surface area contributed by atoms with Crippen molar-refractivity contribution in [2.24, 2.45) is 0 Å². The van der Waals surface area contributed by atoms with Gasteiger partial charge in [0.25, 0.3) is 0 Å². The Balaban J connectivity index is 1.19. The molecule has 0 aliphatic heterocycles. The average molecular weight is 590 g/mol. The first-order chi connectivity index (χ1) is 21.5. The van der Waals surface area contributed by atoms with Crippen LogP contribution in [-0.4, -0.2) is 33.3 Å². The van der Waals surface area contributed by atoms with E-state index in [0.717, 1.165) is 40.9 Å². The van der Waals surface area contributed by atoms with E-state index in [-0.39, 0.29) is 18.8 Å². The highest BCUT2D eigenvalue weighted by molar-refractivity contribution is 5.93. The highest BCUT2D eigenvalue weighted by Gasteiger charge is 2.23. The van der Waals surface area contributed by atoms with Gasteiger partial charge >= 0.3 is 12.1 Å². The predicted octanol–water partition coefficient (Wildman–Crippen LogP) is 7.95. The van der Waals surface area contributed by atoms with E-state index in [9.17, 15) is 14.7 Å². The van der Waals surface area contributed by atoms with E-state index in [1.165, 1.54) is 19.3 Å². The van der Waals surface area contributed by atoms with E-state index < -0.39 is 18.1 Å². The number of carbonyl (C=O) groups is 2. The number of ether oxygens (including phenoxy) is 2. The number of carboxylic acid groups (broad SMARTS) is 1. The van der Waals surface area contributed by atoms with Gasteiger partial charge in [-0.05, 0) is 66.4 Å². The number of fused-ring (bicyclic) bond motifs is 1. The number of benzene rings is 4. The molecule has 5 aromatic rings. The van der Waals surface area contributed by atoms with E-state index in [4.69, 9.17) is 14.5 Å². The summed E-state index contributed by atoms with van der Waals surface area (Å²) in [5, 5.41) is 12.5. The first-order valence-electron chi connectivity index (χ1n) is 15.1.